The first-order valence-electron chi connectivity index (χ1n) is 8.38. The minimum atomic E-state index is -0.981. The van der Waals surface area contributed by atoms with E-state index in [1.807, 2.05) is 4.90 Å². The van der Waals surface area contributed by atoms with Crippen LogP contribution in [0.15, 0.2) is 42.5 Å². The molecule has 7 nitrogen and oxygen atoms in total. The number of ether oxygens (including phenoxy) is 1. The topological polar surface area (TPSA) is 76.2 Å². The normalized spacial score (nSPS) is 16.5. The number of amides is 2. The molecule has 2 aliphatic heterocycles. The van der Waals surface area contributed by atoms with Gasteiger partial charge in [-0.3, -0.25) is 9.59 Å². The highest BCUT2D eigenvalue weighted by Gasteiger charge is 2.39. The maximum atomic E-state index is 13.8. The first-order chi connectivity index (χ1) is 13.1. The fourth-order valence-electron chi connectivity index (χ4n) is 3.13. The van der Waals surface area contributed by atoms with Crippen molar-refractivity contribution in [3.8, 4) is 0 Å². The first-order valence-corrected chi connectivity index (χ1v) is 8.38. The fourth-order valence-corrected chi connectivity index (χ4v) is 3.13. The van der Waals surface area contributed by atoms with Gasteiger partial charge in [-0.25, -0.2) is 9.18 Å². The van der Waals surface area contributed by atoms with E-state index < -0.39 is 23.6 Å². The molecule has 2 heterocycles. The number of benzene rings is 2. The van der Waals surface area contributed by atoms with Crippen molar-refractivity contribution in [1.82, 2.24) is 5.06 Å². The summed E-state index contributed by atoms with van der Waals surface area (Å²) in [7, 11) is 0. The Kier molecular flexibility index (Phi) is 4.33. The molecule has 0 radical (unpaired) electrons. The summed E-state index contributed by atoms with van der Waals surface area (Å²) >= 11 is 0. The van der Waals surface area contributed by atoms with Gasteiger partial charge in [0.05, 0.1) is 35.6 Å². The molecular weight excluding hydrogens is 355 g/mol. The molecule has 138 valence electrons. The van der Waals surface area contributed by atoms with E-state index in [1.54, 1.807) is 12.1 Å². The van der Waals surface area contributed by atoms with Crippen molar-refractivity contribution in [3.63, 3.8) is 0 Å². The molecule has 0 unspecified atom stereocenters. The maximum Gasteiger partial charge on any atom is 0.366 e. The van der Waals surface area contributed by atoms with Gasteiger partial charge in [-0.05, 0) is 30.3 Å². The number of morpholine rings is 1. The molecule has 0 saturated carbocycles. The van der Waals surface area contributed by atoms with E-state index in [1.165, 1.54) is 24.3 Å². The Morgan fingerprint density at radius 2 is 1.63 bits per heavy atom. The number of hydrogen-bond donors (Lipinski definition) is 0. The molecule has 2 aromatic rings. The van der Waals surface area contributed by atoms with E-state index in [-0.39, 0.29) is 16.7 Å². The van der Waals surface area contributed by atoms with Crippen LogP contribution in [-0.2, 0) is 9.57 Å². The largest absolute Gasteiger partial charge is 0.378 e. The second kappa shape index (κ2) is 6.81. The Bertz CT molecular complexity index is 904. The molecule has 0 bridgehead atoms. The Hall–Kier alpha value is -3.26. The highest BCUT2D eigenvalue weighted by atomic mass is 19.1. The zero-order chi connectivity index (χ0) is 19.0. The van der Waals surface area contributed by atoms with Gasteiger partial charge in [-0.2, -0.15) is 0 Å². The zero-order valence-electron chi connectivity index (χ0n) is 14.2. The van der Waals surface area contributed by atoms with Gasteiger partial charge in [0.15, 0.2) is 0 Å². The van der Waals surface area contributed by atoms with Crippen molar-refractivity contribution < 1.29 is 28.3 Å². The molecule has 2 aliphatic rings. The van der Waals surface area contributed by atoms with Gasteiger partial charge in [0.1, 0.15) is 5.82 Å². The van der Waals surface area contributed by atoms with Crippen LogP contribution >= 0.6 is 0 Å². The van der Waals surface area contributed by atoms with Gasteiger partial charge in [-0.1, -0.05) is 17.2 Å². The third-order valence-electron chi connectivity index (χ3n) is 4.46. The van der Waals surface area contributed by atoms with Crippen molar-refractivity contribution in [2.45, 2.75) is 0 Å². The molecule has 0 spiro atoms. The third kappa shape index (κ3) is 3.04. The summed E-state index contributed by atoms with van der Waals surface area (Å²) in [5, 5.41) is 0.418. The Balaban J connectivity index is 1.61. The van der Waals surface area contributed by atoms with Gasteiger partial charge >= 0.3 is 5.97 Å². The lowest BCUT2D eigenvalue weighted by atomic mass is 10.1. The summed E-state index contributed by atoms with van der Waals surface area (Å²) in [6.07, 6.45) is 0. The Morgan fingerprint density at radius 3 is 2.26 bits per heavy atom. The molecule has 0 aromatic heterocycles. The first kappa shape index (κ1) is 17.2. The lowest BCUT2D eigenvalue weighted by Gasteiger charge is -2.30. The van der Waals surface area contributed by atoms with E-state index in [0.717, 1.165) is 6.07 Å². The molecule has 4 rings (SSSR count). The second-order valence-electron chi connectivity index (χ2n) is 6.09. The number of carbonyl (C=O) groups excluding carboxylic acids is 3. The van der Waals surface area contributed by atoms with E-state index in [4.69, 9.17) is 9.57 Å². The smallest absolute Gasteiger partial charge is 0.366 e. The van der Waals surface area contributed by atoms with Crippen LogP contribution < -0.4 is 4.90 Å². The van der Waals surface area contributed by atoms with Gasteiger partial charge < -0.3 is 14.5 Å². The van der Waals surface area contributed by atoms with Crippen LogP contribution in [0.3, 0.4) is 0 Å². The molecule has 0 N–H and O–H groups in total. The van der Waals surface area contributed by atoms with Crippen LogP contribution in [0.25, 0.3) is 0 Å². The zero-order valence-corrected chi connectivity index (χ0v) is 14.2. The van der Waals surface area contributed by atoms with Gasteiger partial charge in [0.2, 0.25) is 0 Å². The number of carbonyl (C=O) groups is 3. The van der Waals surface area contributed by atoms with Crippen LogP contribution in [-0.4, -0.2) is 49.2 Å². The van der Waals surface area contributed by atoms with E-state index >= 15 is 0 Å². The van der Waals surface area contributed by atoms with Crippen molar-refractivity contribution in [2.24, 2.45) is 0 Å². The average Bonchev–Trinajstić information content (AvgIpc) is 2.94. The summed E-state index contributed by atoms with van der Waals surface area (Å²) in [6.45, 7) is 2.01. The number of fused-ring (bicyclic) bond motifs is 1. The number of nitrogens with zero attached hydrogens (tertiary/aromatic N) is 2. The molecule has 0 atom stereocenters. The molecule has 2 aromatic carbocycles. The lowest BCUT2D eigenvalue weighted by Crippen LogP contribution is -2.38. The van der Waals surface area contributed by atoms with Crippen molar-refractivity contribution >= 4 is 23.5 Å². The third-order valence-corrected chi connectivity index (χ3v) is 4.46. The minimum Gasteiger partial charge on any atom is -0.378 e. The van der Waals surface area contributed by atoms with Crippen molar-refractivity contribution in [3.05, 3.63) is 65.0 Å². The van der Waals surface area contributed by atoms with Crippen LogP contribution in [0, 0.1) is 5.82 Å². The van der Waals surface area contributed by atoms with E-state index in [2.05, 4.69) is 0 Å². The number of rotatable bonds is 3. The van der Waals surface area contributed by atoms with E-state index in [0.29, 0.717) is 37.1 Å². The molecular formula is C19H15FN2O5. The SMILES string of the molecule is O=C(ON1C(=O)c2ccccc2C1=O)c1cc(F)ccc1N1CCOCC1. The number of anilines is 1. The van der Waals surface area contributed by atoms with Crippen molar-refractivity contribution in [2.75, 3.05) is 31.2 Å². The van der Waals surface area contributed by atoms with Gasteiger partial charge in [0, 0.05) is 13.1 Å². The quantitative estimate of drug-likeness (QED) is 0.770. The molecule has 27 heavy (non-hydrogen) atoms. The predicted octanol–water partition coefficient (Wildman–Crippen LogP) is 2.03. The number of halogens is 1. The number of imide groups is 1. The highest BCUT2D eigenvalue weighted by molar-refractivity contribution is 6.21. The lowest BCUT2D eigenvalue weighted by molar-refractivity contribution is -0.0584. The molecule has 0 aliphatic carbocycles. The summed E-state index contributed by atoms with van der Waals surface area (Å²) in [4.78, 5) is 44.3. The van der Waals surface area contributed by atoms with E-state index in [9.17, 15) is 18.8 Å². The Morgan fingerprint density at radius 1 is 1.00 bits per heavy atom. The van der Waals surface area contributed by atoms with Crippen LogP contribution in [0.4, 0.5) is 10.1 Å². The number of hydrogen-bond acceptors (Lipinski definition) is 6. The van der Waals surface area contributed by atoms with Crippen LogP contribution in [0.2, 0.25) is 0 Å². The molecule has 1 fully saturated rings. The molecule has 2 amide bonds. The minimum absolute atomic E-state index is 0.0616. The summed E-state index contributed by atoms with van der Waals surface area (Å²) in [6, 6.07) is 9.92. The summed E-state index contributed by atoms with van der Waals surface area (Å²) in [5.74, 6) is -3.06. The fraction of sp³-hybridized carbons (Fsp3) is 0.211. The van der Waals surface area contributed by atoms with Crippen LogP contribution in [0.1, 0.15) is 31.1 Å². The summed E-state index contributed by atoms with van der Waals surface area (Å²) < 4.78 is 19.0. The molecule has 8 heteroatoms. The maximum absolute atomic E-state index is 13.8. The standard InChI is InChI=1S/C19H15FN2O5/c20-12-5-6-16(21-7-9-26-10-8-21)15(11-12)19(25)27-22-17(23)13-3-1-2-4-14(13)18(22)24/h1-6,11H,7-10H2. The van der Waals surface area contributed by atoms with Crippen molar-refractivity contribution in [1.29, 1.82) is 0 Å². The average molecular weight is 370 g/mol. The highest BCUT2D eigenvalue weighted by Crippen LogP contribution is 2.27. The Labute approximate surface area is 153 Å². The number of hydroxylamine groups is 2. The monoisotopic (exact) mass is 370 g/mol. The second-order valence-corrected chi connectivity index (χ2v) is 6.09. The summed E-state index contributed by atoms with van der Waals surface area (Å²) in [5.41, 5.74) is 0.709. The van der Waals surface area contributed by atoms with Gasteiger partial charge in [0.25, 0.3) is 11.8 Å². The predicted molar refractivity (Wildman–Crippen MR) is 91.8 cm³/mol. The van der Waals surface area contributed by atoms with Gasteiger partial charge in [-0.15, -0.1) is 0 Å². The molecule has 1 saturated heterocycles. The van der Waals surface area contributed by atoms with Crippen LogP contribution in [0.5, 0.6) is 0 Å².